The second-order valence-electron chi connectivity index (χ2n) is 3.57. The molecule has 0 aliphatic carbocycles. The predicted molar refractivity (Wildman–Crippen MR) is 66.6 cm³/mol. The first-order chi connectivity index (χ1) is 8.69. The molecular weight excluding hydrogens is 236 g/mol. The molecule has 0 fully saturated rings. The lowest BCUT2D eigenvalue weighted by Gasteiger charge is -2.11. The van der Waals surface area contributed by atoms with Gasteiger partial charge in [0.2, 0.25) is 0 Å². The van der Waals surface area contributed by atoms with Crippen molar-refractivity contribution in [2.75, 3.05) is 26.9 Å². The van der Waals surface area contributed by atoms with E-state index in [9.17, 15) is 4.79 Å². The summed E-state index contributed by atoms with van der Waals surface area (Å²) < 4.78 is 15.8. The highest BCUT2D eigenvalue weighted by Gasteiger charge is 2.09. The molecule has 0 heterocycles. The van der Waals surface area contributed by atoms with Gasteiger partial charge in [-0.3, -0.25) is 0 Å². The van der Waals surface area contributed by atoms with Crippen LogP contribution in [0.1, 0.15) is 23.7 Å². The molecule has 1 aromatic carbocycles. The third kappa shape index (κ3) is 4.25. The summed E-state index contributed by atoms with van der Waals surface area (Å²) in [5.74, 6) is -0.0264. The van der Waals surface area contributed by atoms with Crippen molar-refractivity contribution in [2.24, 2.45) is 0 Å². The van der Waals surface area contributed by atoms with E-state index in [-0.39, 0.29) is 5.56 Å². The lowest BCUT2D eigenvalue weighted by atomic mass is 10.2. The minimum atomic E-state index is -0.990. The molecule has 0 amide bonds. The molecule has 18 heavy (non-hydrogen) atoms. The summed E-state index contributed by atoms with van der Waals surface area (Å²) in [5.41, 5.74) is 0.175. The lowest BCUT2D eigenvalue weighted by molar-refractivity contribution is 0.0696. The average molecular weight is 254 g/mol. The first-order valence-corrected chi connectivity index (χ1v) is 5.81. The number of carboxylic acid groups (broad SMARTS) is 1. The number of carboxylic acids is 1. The van der Waals surface area contributed by atoms with E-state index < -0.39 is 5.97 Å². The number of ether oxygens (including phenoxy) is 3. The summed E-state index contributed by atoms with van der Waals surface area (Å²) in [5, 5.41) is 8.86. The first kappa shape index (κ1) is 14.3. The summed E-state index contributed by atoms with van der Waals surface area (Å²) in [6, 6.07) is 4.53. The Bertz CT molecular complexity index is 389. The SMILES string of the molecule is CCOCCCOc1ccc(C(=O)O)cc1OC. The summed E-state index contributed by atoms with van der Waals surface area (Å²) in [6.07, 6.45) is 0.775. The number of rotatable bonds is 8. The van der Waals surface area contributed by atoms with Crippen LogP contribution >= 0.6 is 0 Å². The molecule has 1 N–H and O–H groups in total. The Kier molecular flexibility index (Phi) is 6.00. The highest BCUT2D eigenvalue weighted by molar-refractivity contribution is 5.88. The minimum absolute atomic E-state index is 0.175. The molecule has 0 bridgehead atoms. The van der Waals surface area contributed by atoms with E-state index in [4.69, 9.17) is 19.3 Å². The number of hydrogen-bond donors (Lipinski definition) is 1. The van der Waals surface area contributed by atoms with Crippen LogP contribution in [-0.2, 0) is 4.74 Å². The summed E-state index contributed by atoms with van der Waals surface area (Å²) in [6.45, 7) is 3.78. The molecule has 0 saturated heterocycles. The van der Waals surface area contributed by atoms with E-state index >= 15 is 0 Å². The van der Waals surface area contributed by atoms with Gasteiger partial charge in [0.1, 0.15) is 0 Å². The van der Waals surface area contributed by atoms with Crippen LogP contribution in [0.15, 0.2) is 18.2 Å². The molecule has 0 atom stereocenters. The molecule has 0 aliphatic rings. The Morgan fingerprint density at radius 3 is 2.67 bits per heavy atom. The number of methoxy groups -OCH3 is 1. The summed E-state index contributed by atoms with van der Waals surface area (Å²) >= 11 is 0. The van der Waals surface area contributed by atoms with Crippen LogP contribution < -0.4 is 9.47 Å². The van der Waals surface area contributed by atoms with Crippen LogP contribution in [0.3, 0.4) is 0 Å². The molecule has 0 radical (unpaired) electrons. The van der Waals surface area contributed by atoms with Gasteiger partial charge in [0.05, 0.1) is 19.3 Å². The van der Waals surface area contributed by atoms with E-state index in [0.717, 1.165) is 6.42 Å². The Balaban J connectivity index is 2.57. The molecule has 0 unspecified atom stereocenters. The van der Waals surface area contributed by atoms with Crippen molar-refractivity contribution in [2.45, 2.75) is 13.3 Å². The van der Waals surface area contributed by atoms with Gasteiger partial charge in [0.15, 0.2) is 11.5 Å². The molecular formula is C13H18O5. The van der Waals surface area contributed by atoms with Crippen LogP contribution in [0.2, 0.25) is 0 Å². The van der Waals surface area contributed by atoms with E-state index in [1.54, 1.807) is 6.07 Å². The van der Waals surface area contributed by atoms with Gasteiger partial charge < -0.3 is 19.3 Å². The zero-order chi connectivity index (χ0) is 13.4. The summed E-state index contributed by atoms with van der Waals surface area (Å²) in [4.78, 5) is 10.8. The van der Waals surface area contributed by atoms with Gasteiger partial charge in [-0.05, 0) is 25.1 Å². The molecule has 0 spiro atoms. The van der Waals surface area contributed by atoms with Crippen molar-refractivity contribution in [3.63, 3.8) is 0 Å². The van der Waals surface area contributed by atoms with Gasteiger partial charge in [0.25, 0.3) is 0 Å². The number of hydrogen-bond acceptors (Lipinski definition) is 4. The van der Waals surface area contributed by atoms with Gasteiger partial charge in [0, 0.05) is 19.6 Å². The van der Waals surface area contributed by atoms with Crippen molar-refractivity contribution < 1.29 is 24.1 Å². The topological polar surface area (TPSA) is 65.0 Å². The maximum atomic E-state index is 10.8. The smallest absolute Gasteiger partial charge is 0.335 e. The maximum absolute atomic E-state index is 10.8. The van der Waals surface area contributed by atoms with E-state index in [1.807, 2.05) is 6.92 Å². The van der Waals surface area contributed by atoms with E-state index in [1.165, 1.54) is 19.2 Å². The van der Waals surface area contributed by atoms with E-state index in [2.05, 4.69) is 0 Å². The maximum Gasteiger partial charge on any atom is 0.335 e. The fraction of sp³-hybridized carbons (Fsp3) is 0.462. The normalized spacial score (nSPS) is 10.1. The predicted octanol–water partition coefficient (Wildman–Crippen LogP) is 2.20. The highest BCUT2D eigenvalue weighted by atomic mass is 16.5. The fourth-order valence-electron chi connectivity index (χ4n) is 1.41. The van der Waals surface area contributed by atoms with Crippen LogP contribution in [0.4, 0.5) is 0 Å². The Morgan fingerprint density at radius 1 is 1.28 bits per heavy atom. The third-order valence-electron chi connectivity index (χ3n) is 2.31. The van der Waals surface area contributed by atoms with Gasteiger partial charge in [-0.1, -0.05) is 0 Å². The van der Waals surface area contributed by atoms with Crippen molar-refractivity contribution in [1.29, 1.82) is 0 Å². The second-order valence-corrected chi connectivity index (χ2v) is 3.57. The van der Waals surface area contributed by atoms with Crippen LogP contribution in [-0.4, -0.2) is 38.0 Å². The van der Waals surface area contributed by atoms with Crippen molar-refractivity contribution in [1.82, 2.24) is 0 Å². The van der Waals surface area contributed by atoms with Crippen molar-refractivity contribution >= 4 is 5.97 Å². The van der Waals surface area contributed by atoms with Gasteiger partial charge in [-0.25, -0.2) is 4.79 Å². The third-order valence-corrected chi connectivity index (χ3v) is 2.31. The van der Waals surface area contributed by atoms with Gasteiger partial charge >= 0.3 is 5.97 Å². The Labute approximate surface area is 106 Å². The molecule has 0 aliphatic heterocycles. The zero-order valence-corrected chi connectivity index (χ0v) is 10.6. The fourth-order valence-corrected chi connectivity index (χ4v) is 1.41. The van der Waals surface area contributed by atoms with E-state index in [0.29, 0.717) is 31.3 Å². The van der Waals surface area contributed by atoms with Crippen molar-refractivity contribution in [3.05, 3.63) is 23.8 Å². The standard InChI is InChI=1S/C13H18O5/c1-3-17-7-4-8-18-11-6-5-10(13(14)15)9-12(11)16-2/h5-6,9H,3-4,7-8H2,1-2H3,(H,14,15). The molecule has 100 valence electrons. The average Bonchev–Trinajstić information content (AvgIpc) is 2.38. The van der Waals surface area contributed by atoms with Gasteiger partial charge in [-0.2, -0.15) is 0 Å². The Hall–Kier alpha value is -1.75. The quantitative estimate of drug-likeness (QED) is 0.720. The monoisotopic (exact) mass is 254 g/mol. The number of benzene rings is 1. The first-order valence-electron chi connectivity index (χ1n) is 5.81. The highest BCUT2D eigenvalue weighted by Crippen LogP contribution is 2.28. The number of carbonyl (C=O) groups is 1. The van der Waals surface area contributed by atoms with Crippen LogP contribution in [0.5, 0.6) is 11.5 Å². The molecule has 0 saturated carbocycles. The zero-order valence-electron chi connectivity index (χ0n) is 10.6. The lowest BCUT2D eigenvalue weighted by Crippen LogP contribution is -2.04. The molecule has 1 rings (SSSR count). The van der Waals surface area contributed by atoms with Crippen LogP contribution in [0, 0.1) is 0 Å². The Morgan fingerprint density at radius 2 is 2.06 bits per heavy atom. The van der Waals surface area contributed by atoms with Crippen LogP contribution in [0.25, 0.3) is 0 Å². The summed E-state index contributed by atoms with van der Waals surface area (Å²) in [7, 11) is 1.48. The molecule has 5 nitrogen and oxygen atoms in total. The molecule has 5 heteroatoms. The minimum Gasteiger partial charge on any atom is -0.493 e. The molecule has 0 aromatic heterocycles. The molecule has 1 aromatic rings. The second kappa shape index (κ2) is 7.55. The van der Waals surface area contributed by atoms with Crippen molar-refractivity contribution in [3.8, 4) is 11.5 Å². The largest absolute Gasteiger partial charge is 0.493 e. The number of aromatic carboxylic acids is 1. The van der Waals surface area contributed by atoms with Gasteiger partial charge in [-0.15, -0.1) is 0 Å².